The quantitative estimate of drug-likeness (QED) is 0.179. The van der Waals surface area contributed by atoms with E-state index in [0.29, 0.717) is 54.1 Å². The SMILES string of the molecule is Cc1ccc(Nc2nccc(N(C)c3ccc(NC(=O)Nc4cc(F)cc(C(F)(F)F)c4)cc3)n2)cc1N1CCNC1=O. The Kier molecular flexibility index (Phi) is 8.01. The van der Waals surface area contributed by atoms with E-state index in [1.807, 2.05) is 25.1 Å². The van der Waals surface area contributed by atoms with Gasteiger partial charge in [-0.1, -0.05) is 6.07 Å². The summed E-state index contributed by atoms with van der Waals surface area (Å²) >= 11 is 0. The van der Waals surface area contributed by atoms with E-state index in [4.69, 9.17) is 0 Å². The van der Waals surface area contributed by atoms with Gasteiger partial charge >= 0.3 is 18.2 Å². The fourth-order valence-corrected chi connectivity index (χ4v) is 4.42. The largest absolute Gasteiger partial charge is 0.416 e. The summed E-state index contributed by atoms with van der Waals surface area (Å²) < 4.78 is 52.5. The Balaban J connectivity index is 1.23. The van der Waals surface area contributed by atoms with Crippen LogP contribution in [0.2, 0.25) is 0 Å². The van der Waals surface area contributed by atoms with Crippen LogP contribution >= 0.6 is 0 Å². The van der Waals surface area contributed by atoms with Crippen molar-refractivity contribution in [2.75, 3.05) is 45.9 Å². The van der Waals surface area contributed by atoms with Crippen LogP contribution in [0.5, 0.6) is 0 Å². The van der Waals surface area contributed by atoms with Crippen LogP contribution in [-0.4, -0.2) is 42.2 Å². The number of benzene rings is 3. The molecule has 1 aliphatic heterocycles. The molecule has 1 aliphatic rings. The molecule has 4 N–H and O–H groups in total. The minimum Gasteiger partial charge on any atom is -0.336 e. The molecular weight excluding hydrogens is 568 g/mol. The van der Waals surface area contributed by atoms with Crippen molar-refractivity contribution in [2.24, 2.45) is 0 Å². The lowest BCUT2D eigenvalue weighted by molar-refractivity contribution is -0.137. The molecular formula is C29H26F4N8O2. The molecule has 1 aromatic heterocycles. The van der Waals surface area contributed by atoms with E-state index in [-0.39, 0.29) is 11.7 Å². The molecule has 0 unspecified atom stereocenters. The van der Waals surface area contributed by atoms with Crippen LogP contribution < -0.4 is 31.1 Å². The van der Waals surface area contributed by atoms with Gasteiger partial charge in [-0.15, -0.1) is 0 Å². The van der Waals surface area contributed by atoms with Gasteiger partial charge in [-0.2, -0.15) is 18.2 Å². The Morgan fingerprint density at radius 2 is 1.70 bits per heavy atom. The van der Waals surface area contributed by atoms with Gasteiger partial charge in [-0.25, -0.2) is 19.0 Å². The first-order valence-electron chi connectivity index (χ1n) is 13.0. The number of carbonyl (C=O) groups is 2. The summed E-state index contributed by atoms with van der Waals surface area (Å²) in [5.74, 6) is -0.222. The van der Waals surface area contributed by atoms with E-state index >= 15 is 0 Å². The van der Waals surface area contributed by atoms with Crippen LogP contribution in [0.25, 0.3) is 0 Å². The fraction of sp³-hybridized carbons (Fsp3) is 0.172. The van der Waals surface area contributed by atoms with Gasteiger partial charge < -0.3 is 26.2 Å². The lowest BCUT2D eigenvalue weighted by Gasteiger charge is -2.20. The predicted molar refractivity (Wildman–Crippen MR) is 156 cm³/mol. The van der Waals surface area contributed by atoms with Gasteiger partial charge in [-0.05, 0) is 73.2 Å². The Morgan fingerprint density at radius 3 is 2.40 bits per heavy atom. The Labute approximate surface area is 243 Å². The molecule has 222 valence electrons. The van der Waals surface area contributed by atoms with Gasteiger partial charge in [0.25, 0.3) is 0 Å². The van der Waals surface area contributed by atoms with Gasteiger partial charge in [0, 0.05) is 49.1 Å². The van der Waals surface area contributed by atoms with Crippen LogP contribution in [0, 0.1) is 12.7 Å². The zero-order chi connectivity index (χ0) is 30.7. The topological polar surface area (TPSA) is 115 Å². The van der Waals surface area contributed by atoms with Crippen molar-refractivity contribution in [1.82, 2.24) is 15.3 Å². The Morgan fingerprint density at radius 1 is 0.977 bits per heavy atom. The normalized spacial score (nSPS) is 13.0. The zero-order valence-corrected chi connectivity index (χ0v) is 23.0. The van der Waals surface area contributed by atoms with Crippen molar-refractivity contribution in [3.63, 3.8) is 0 Å². The Hall–Kier alpha value is -5.40. The number of rotatable bonds is 7. The lowest BCUT2D eigenvalue weighted by Crippen LogP contribution is -2.28. The van der Waals surface area contributed by atoms with Gasteiger partial charge in [0.15, 0.2) is 0 Å². The molecule has 2 heterocycles. The second-order valence-electron chi connectivity index (χ2n) is 9.66. The number of hydrogen-bond acceptors (Lipinski definition) is 6. The van der Waals surface area contributed by atoms with Crippen LogP contribution in [0.3, 0.4) is 0 Å². The van der Waals surface area contributed by atoms with Gasteiger partial charge in [0.1, 0.15) is 11.6 Å². The lowest BCUT2D eigenvalue weighted by atomic mass is 10.1. The first-order chi connectivity index (χ1) is 20.5. The van der Waals surface area contributed by atoms with Crippen molar-refractivity contribution in [1.29, 1.82) is 0 Å². The molecule has 10 nitrogen and oxygen atoms in total. The van der Waals surface area contributed by atoms with Crippen molar-refractivity contribution in [3.8, 4) is 0 Å². The summed E-state index contributed by atoms with van der Waals surface area (Å²) in [7, 11) is 1.79. The maximum atomic E-state index is 13.6. The third kappa shape index (κ3) is 6.92. The number of urea groups is 2. The number of anilines is 7. The molecule has 43 heavy (non-hydrogen) atoms. The highest BCUT2D eigenvalue weighted by Gasteiger charge is 2.31. The highest BCUT2D eigenvalue weighted by atomic mass is 19.4. The molecule has 1 saturated heterocycles. The number of aryl methyl sites for hydroxylation is 1. The van der Waals surface area contributed by atoms with E-state index in [0.717, 1.165) is 17.3 Å². The van der Waals surface area contributed by atoms with Gasteiger partial charge in [-0.3, -0.25) is 4.90 Å². The minimum absolute atomic E-state index is 0.145. The van der Waals surface area contributed by atoms with E-state index < -0.39 is 23.6 Å². The molecule has 14 heteroatoms. The molecule has 0 saturated carbocycles. The van der Waals surface area contributed by atoms with Crippen molar-refractivity contribution >= 4 is 52.3 Å². The van der Waals surface area contributed by atoms with E-state index in [1.54, 1.807) is 53.4 Å². The molecule has 1 fully saturated rings. The van der Waals surface area contributed by atoms with E-state index in [2.05, 4.69) is 31.2 Å². The average Bonchev–Trinajstić information content (AvgIpc) is 3.39. The molecule has 3 aromatic carbocycles. The standard InChI is InChI=1S/C29H26F4N8O2/c1-17-3-4-21(16-24(17)41-12-11-35-28(41)43)36-26-34-10-9-25(39-26)40(2)23-7-5-20(6-8-23)37-27(42)38-22-14-18(29(31,32)33)13-19(30)15-22/h3-10,13-16H,11-12H2,1-2H3,(H,35,43)(H,34,36,39)(H2,37,38,42). The monoisotopic (exact) mass is 594 g/mol. The summed E-state index contributed by atoms with van der Waals surface area (Å²) in [4.78, 5) is 36.8. The molecule has 4 aromatic rings. The third-order valence-corrected chi connectivity index (χ3v) is 6.59. The second kappa shape index (κ2) is 11.8. The van der Waals surface area contributed by atoms with Crippen LogP contribution in [-0.2, 0) is 6.18 Å². The number of aromatic nitrogens is 2. The maximum absolute atomic E-state index is 13.6. The number of halogens is 4. The van der Waals surface area contributed by atoms with Gasteiger partial charge in [0.2, 0.25) is 5.95 Å². The van der Waals surface area contributed by atoms with Crippen molar-refractivity contribution < 1.29 is 27.2 Å². The fourth-order valence-electron chi connectivity index (χ4n) is 4.42. The molecule has 0 radical (unpaired) electrons. The summed E-state index contributed by atoms with van der Waals surface area (Å²) in [5.41, 5.74) is 1.98. The first kappa shape index (κ1) is 29.1. The summed E-state index contributed by atoms with van der Waals surface area (Å²) in [6, 6.07) is 14.8. The zero-order valence-electron chi connectivity index (χ0n) is 23.0. The molecule has 0 bridgehead atoms. The number of nitrogens with zero attached hydrogens (tertiary/aromatic N) is 4. The van der Waals surface area contributed by atoms with Crippen molar-refractivity contribution in [3.05, 3.63) is 89.9 Å². The van der Waals surface area contributed by atoms with Crippen molar-refractivity contribution in [2.45, 2.75) is 13.1 Å². The number of hydrogen-bond donors (Lipinski definition) is 4. The first-order valence-corrected chi connectivity index (χ1v) is 13.0. The minimum atomic E-state index is -4.76. The van der Waals surface area contributed by atoms with E-state index in [1.165, 1.54) is 0 Å². The average molecular weight is 595 g/mol. The molecule has 4 amide bonds. The summed E-state index contributed by atoms with van der Waals surface area (Å²) in [6.07, 6.45) is -3.16. The number of alkyl halides is 3. The maximum Gasteiger partial charge on any atom is 0.416 e. The second-order valence-corrected chi connectivity index (χ2v) is 9.66. The molecule has 5 rings (SSSR count). The predicted octanol–water partition coefficient (Wildman–Crippen LogP) is 6.63. The molecule has 0 atom stereocenters. The van der Waals surface area contributed by atoms with E-state index in [9.17, 15) is 27.2 Å². The number of carbonyl (C=O) groups excluding carboxylic acids is 2. The smallest absolute Gasteiger partial charge is 0.336 e. The third-order valence-electron chi connectivity index (χ3n) is 6.59. The summed E-state index contributed by atoms with van der Waals surface area (Å²) in [6.45, 7) is 3.09. The van der Waals surface area contributed by atoms with Crippen LogP contribution in [0.15, 0.2) is 72.9 Å². The molecule has 0 aliphatic carbocycles. The number of amides is 4. The molecule has 0 spiro atoms. The highest BCUT2D eigenvalue weighted by molar-refractivity contribution is 6.00. The van der Waals surface area contributed by atoms with Crippen LogP contribution in [0.4, 0.5) is 67.4 Å². The highest BCUT2D eigenvalue weighted by Crippen LogP contribution is 2.32. The Bertz CT molecular complexity index is 1660. The van der Waals surface area contributed by atoms with Gasteiger partial charge in [0.05, 0.1) is 11.3 Å². The number of nitrogens with one attached hydrogen (secondary N) is 4. The summed E-state index contributed by atoms with van der Waals surface area (Å²) in [5, 5.41) is 10.7. The van der Waals surface area contributed by atoms with Crippen LogP contribution in [0.1, 0.15) is 11.1 Å².